The first-order valence-corrected chi connectivity index (χ1v) is 5.91. The van der Waals surface area contributed by atoms with Gasteiger partial charge in [0.1, 0.15) is 0 Å². The van der Waals surface area contributed by atoms with E-state index in [1.165, 1.54) is 0 Å². The molecule has 18 heavy (non-hydrogen) atoms. The molecule has 5 heteroatoms. The van der Waals surface area contributed by atoms with Gasteiger partial charge in [0.05, 0.1) is 20.1 Å². The normalized spacial score (nSPS) is 11.7. The van der Waals surface area contributed by atoms with E-state index in [-0.39, 0.29) is 11.9 Å². The van der Waals surface area contributed by atoms with Crippen molar-refractivity contribution in [3.63, 3.8) is 0 Å². The fraction of sp³-hybridized carbons (Fsp3) is 0.462. The monoisotopic (exact) mass is 252 g/mol. The topological polar surface area (TPSA) is 73.6 Å². The third-order valence-corrected chi connectivity index (χ3v) is 2.28. The van der Waals surface area contributed by atoms with E-state index in [0.717, 1.165) is 0 Å². The molecule has 3 N–H and O–H groups in total. The maximum Gasteiger partial charge on any atom is 0.223 e. The number of rotatable bonds is 7. The molecule has 5 nitrogen and oxygen atoms in total. The molecule has 0 saturated heterocycles. The third kappa shape index (κ3) is 5.05. The minimum Gasteiger partial charge on any atom is -0.493 e. The second-order valence-corrected chi connectivity index (χ2v) is 4.03. The van der Waals surface area contributed by atoms with Crippen LogP contribution in [0.15, 0.2) is 24.3 Å². The van der Waals surface area contributed by atoms with E-state index in [4.69, 9.17) is 15.2 Å². The van der Waals surface area contributed by atoms with Gasteiger partial charge in [0, 0.05) is 12.6 Å². The Bertz CT molecular complexity index is 380. The van der Waals surface area contributed by atoms with Gasteiger partial charge in [0.15, 0.2) is 11.5 Å². The van der Waals surface area contributed by atoms with Crippen molar-refractivity contribution >= 4 is 5.91 Å². The Morgan fingerprint density at radius 3 is 2.67 bits per heavy atom. The number of carbonyl (C=O) groups is 1. The van der Waals surface area contributed by atoms with Gasteiger partial charge in [0.2, 0.25) is 5.91 Å². The average molecular weight is 252 g/mol. The molecular weight excluding hydrogens is 232 g/mol. The molecule has 100 valence electrons. The Hall–Kier alpha value is -1.75. The molecule has 0 radical (unpaired) electrons. The Morgan fingerprint density at radius 1 is 1.39 bits per heavy atom. The molecule has 0 bridgehead atoms. The molecule has 0 aliphatic carbocycles. The molecule has 0 aliphatic rings. The zero-order valence-electron chi connectivity index (χ0n) is 10.8. The summed E-state index contributed by atoms with van der Waals surface area (Å²) in [6.07, 6.45) is 0.296. The number of nitrogens with one attached hydrogen (secondary N) is 1. The molecule has 1 atom stereocenters. The Kier molecular flexibility index (Phi) is 6.00. The van der Waals surface area contributed by atoms with Crippen molar-refractivity contribution in [2.75, 3.05) is 20.3 Å². The zero-order chi connectivity index (χ0) is 13.4. The van der Waals surface area contributed by atoms with E-state index >= 15 is 0 Å². The first-order valence-electron chi connectivity index (χ1n) is 5.91. The summed E-state index contributed by atoms with van der Waals surface area (Å²) in [6.45, 7) is 2.63. The van der Waals surface area contributed by atoms with Crippen LogP contribution in [0.4, 0.5) is 0 Å². The number of ether oxygens (including phenoxy) is 2. The summed E-state index contributed by atoms with van der Waals surface area (Å²) in [5.74, 6) is 1.23. The highest BCUT2D eigenvalue weighted by molar-refractivity contribution is 5.76. The predicted molar refractivity (Wildman–Crippen MR) is 69.8 cm³/mol. The predicted octanol–water partition coefficient (Wildman–Crippen LogP) is 0.928. The summed E-state index contributed by atoms with van der Waals surface area (Å²) in [5.41, 5.74) is 5.54. The van der Waals surface area contributed by atoms with Gasteiger partial charge in [-0.3, -0.25) is 4.79 Å². The lowest BCUT2D eigenvalue weighted by Gasteiger charge is -2.11. The molecule has 0 fully saturated rings. The van der Waals surface area contributed by atoms with Crippen molar-refractivity contribution < 1.29 is 14.3 Å². The number of nitrogens with two attached hydrogens (primary N) is 1. The number of para-hydroxylation sites is 2. The van der Waals surface area contributed by atoms with Gasteiger partial charge >= 0.3 is 0 Å². The van der Waals surface area contributed by atoms with Crippen molar-refractivity contribution in [1.29, 1.82) is 0 Å². The Morgan fingerprint density at radius 2 is 2.06 bits per heavy atom. The first kappa shape index (κ1) is 14.3. The van der Waals surface area contributed by atoms with Crippen molar-refractivity contribution in [3.8, 4) is 11.5 Å². The van der Waals surface area contributed by atoms with E-state index in [9.17, 15) is 4.79 Å². The van der Waals surface area contributed by atoms with Crippen LogP contribution in [0.1, 0.15) is 13.3 Å². The number of hydrogen-bond acceptors (Lipinski definition) is 4. The van der Waals surface area contributed by atoms with Crippen LogP contribution in [0, 0.1) is 0 Å². The lowest BCUT2D eigenvalue weighted by Crippen LogP contribution is -2.35. The highest BCUT2D eigenvalue weighted by Crippen LogP contribution is 2.25. The number of methoxy groups -OCH3 is 1. The van der Waals surface area contributed by atoms with Crippen LogP contribution >= 0.6 is 0 Å². The van der Waals surface area contributed by atoms with Gasteiger partial charge in [-0.25, -0.2) is 0 Å². The van der Waals surface area contributed by atoms with Crippen LogP contribution in [-0.2, 0) is 4.79 Å². The van der Waals surface area contributed by atoms with Gasteiger partial charge in [-0.2, -0.15) is 0 Å². The molecule has 0 saturated carbocycles. The van der Waals surface area contributed by atoms with Gasteiger partial charge in [-0.1, -0.05) is 12.1 Å². The van der Waals surface area contributed by atoms with Crippen LogP contribution in [0.25, 0.3) is 0 Å². The van der Waals surface area contributed by atoms with Crippen molar-refractivity contribution in [3.05, 3.63) is 24.3 Å². The van der Waals surface area contributed by atoms with Crippen LogP contribution in [-0.4, -0.2) is 32.2 Å². The minimum atomic E-state index is -0.0674. The summed E-state index contributed by atoms with van der Waals surface area (Å²) in [5, 5.41) is 2.72. The second kappa shape index (κ2) is 7.55. The standard InChI is InChI=1S/C13H20N2O3/c1-10(14)9-15-13(16)7-8-18-12-6-4-3-5-11(12)17-2/h3-6,10H,7-9,14H2,1-2H3,(H,15,16). The van der Waals surface area contributed by atoms with E-state index in [2.05, 4.69) is 5.32 Å². The second-order valence-electron chi connectivity index (χ2n) is 4.03. The van der Waals surface area contributed by atoms with Crippen molar-refractivity contribution in [2.24, 2.45) is 5.73 Å². The van der Waals surface area contributed by atoms with E-state index < -0.39 is 0 Å². The SMILES string of the molecule is COc1ccccc1OCCC(=O)NCC(C)N. The van der Waals surface area contributed by atoms with Crippen LogP contribution in [0.5, 0.6) is 11.5 Å². The lowest BCUT2D eigenvalue weighted by molar-refractivity contribution is -0.121. The molecule has 1 unspecified atom stereocenters. The van der Waals surface area contributed by atoms with Crippen molar-refractivity contribution in [1.82, 2.24) is 5.32 Å². The molecular formula is C13H20N2O3. The molecule has 0 aromatic heterocycles. The van der Waals surface area contributed by atoms with Gasteiger partial charge in [0.25, 0.3) is 0 Å². The fourth-order valence-corrected chi connectivity index (χ4v) is 1.35. The number of hydrogen-bond donors (Lipinski definition) is 2. The quantitative estimate of drug-likeness (QED) is 0.757. The first-order chi connectivity index (χ1) is 8.63. The van der Waals surface area contributed by atoms with Crippen molar-refractivity contribution in [2.45, 2.75) is 19.4 Å². The van der Waals surface area contributed by atoms with Crippen LogP contribution in [0.3, 0.4) is 0 Å². The molecule has 1 aromatic carbocycles. The molecule has 1 aromatic rings. The zero-order valence-corrected chi connectivity index (χ0v) is 10.8. The smallest absolute Gasteiger partial charge is 0.223 e. The lowest BCUT2D eigenvalue weighted by atomic mass is 10.3. The van der Waals surface area contributed by atoms with Crippen LogP contribution < -0.4 is 20.5 Å². The maximum atomic E-state index is 11.4. The van der Waals surface area contributed by atoms with Gasteiger partial charge < -0.3 is 20.5 Å². The molecule has 0 heterocycles. The Labute approximate surface area is 107 Å². The van der Waals surface area contributed by atoms with E-state index in [1.807, 2.05) is 25.1 Å². The number of carbonyl (C=O) groups excluding carboxylic acids is 1. The maximum absolute atomic E-state index is 11.4. The summed E-state index contributed by atoms with van der Waals surface area (Å²) in [4.78, 5) is 11.4. The molecule has 1 rings (SSSR count). The Balaban J connectivity index is 2.31. The molecule has 1 amide bonds. The fourth-order valence-electron chi connectivity index (χ4n) is 1.35. The van der Waals surface area contributed by atoms with E-state index in [0.29, 0.717) is 31.1 Å². The van der Waals surface area contributed by atoms with Gasteiger partial charge in [-0.15, -0.1) is 0 Å². The summed E-state index contributed by atoms with van der Waals surface area (Å²) in [6, 6.07) is 7.29. The number of benzene rings is 1. The van der Waals surface area contributed by atoms with Gasteiger partial charge in [-0.05, 0) is 19.1 Å². The average Bonchev–Trinajstić information content (AvgIpc) is 2.37. The molecule has 0 spiro atoms. The molecule has 0 aliphatic heterocycles. The highest BCUT2D eigenvalue weighted by atomic mass is 16.5. The number of amides is 1. The summed E-state index contributed by atoms with van der Waals surface area (Å²) < 4.78 is 10.6. The van der Waals surface area contributed by atoms with Crippen LogP contribution in [0.2, 0.25) is 0 Å². The largest absolute Gasteiger partial charge is 0.493 e. The van der Waals surface area contributed by atoms with E-state index in [1.54, 1.807) is 13.2 Å². The third-order valence-electron chi connectivity index (χ3n) is 2.28. The summed E-state index contributed by atoms with van der Waals surface area (Å²) >= 11 is 0. The minimum absolute atomic E-state index is 0.0379. The highest BCUT2D eigenvalue weighted by Gasteiger charge is 2.05. The summed E-state index contributed by atoms with van der Waals surface area (Å²) in [7, 11) is 1.58.